The van der Waals surface area contributed by atoms with Gasteiger partial charge in [-0.2, -0.15) is 0 Å². The van der Waals surface area contributed by atoms with E-state index >= 15 is 0 Å². The Balaban J connectivity index is 2.21. The molecule has 0 aliphatic heterocycles. The largest absolute Gasteiger partial charge is 0.297 e. The van der Waals surface area contributed by atoms with Gasteiger partial charge in [-0.05, 0) is 6.07 Å². The van der Waals surface area contributed by atoms with Crippen LogP contribution in [-0.4, -0.2) is 14.3 Å². The Morgan fingerprint density at radius 1 is 1.32 bits per heavy atom. The monoisotopic (exact) mass is 313 g/mol. The summed E-state index contributed by atoms with van der Waals surface area (Å²) in [6.45, 7) is 0. The van der Waals surface area contributed by atoms with Crippen molar-refractivity contribution in [2.45, 2.75) is 0 Å². The van der Waals surface area contributed by atoms with E-state index in [0.29, 0.717) is 16.3 Å². The molecule has 0 aliphatic rings. The number of aromatic nitrogens is 2. The maximum absolute atomic E-state index is 10.9. The molecule has 0 spiro atoms. The van der Waals surface area contributed by atoms with Gasteiger partial charge in [0.2, 0.25) is 0 Å². The molecule has 1 aromatic carbocycles. The van der Waals surface area contributed by atoms with Gasteiger partial charge < -0.3 is 0 Å². The minimum Gasteiger partial charge on any atom is -0.297 e. The van der Waals surface area contributed by atoms with Gasteiger partial charge in [0, 0.05) is 29.4 Å². The summed E-state index contributed by atoms with van der Waals surface area (Å²) in [4.78, 5) is 15.5. The molecule has 0 amide bonds. The lowest BCUT2D eigenvalue weighted by Gasteiger charge is -2.02. The highest BCUT2D eigenvalue weighted by atomic mass is 35.5. The van der Waals surface area contributed by atoms with Gasteiger partial charge in [0.1, 0.15) is 5.02 Å². The molecule has 96 valence electrons. The first-order valence-corrected chi connectivity index (χ1v) is 6.76. The molecular formula is C11H5Cl2N3O2S. The summed E-state index contributed by atoms with van der Waals surface area (Å²) in [7, 11) is 0. The van der Waals surface area contributed by atoms with Crippen molar-refractivity contribution in [1.82, 2.24) is 9.38 Å². The molecule has 0 bridgehead atoms. The lowest BCUT2D eigenvalue weighted by Crippen LogP contribution is -1.91. The number of fused-ring (bicyclic) bond motifs is 1. The van der Waals surface area contributed by atoms with E-state index in [4.69, 9.17) is 23.2 Å². The molecule has 0 radical (unpaired) electrons. The summed E-state index contributed by atoms with van der Waals surface area (Å²) in [5.41, 5.74) is 0.891. The highest BCUT2D eigenvalue weighted by Gasteiger charge is 2.18. The Hall–Kier alpha value is -1.63. The first kappa shape index (κ1) is 12.4. The van der Waals surface area contributed by atoms with Crippen LogP contribution >= 0.6 is 34.5 Å². The number of benzene rings is 1. The number of hydrogen-bond donors (Lipinski definition) is 0. The van der Waals surface area contributed by atoms with E-state index in [1.807, 2.05) is 16.0 Å². The van der Waals surface area contributed by atoms with Crippen molar-refractivity contribution >= 4 is 45.2 Å². The summed E-state index contributed by atoms with van der Waals surface area (Å²) in [5, 5.41) is 13.1. The molecule has 0 unspecified atom stereocenters. The van der Waals surface area contributed by atoms with E-state index in [9.17, 15) is 10.1 Å². The van der Waals surface area contributed by atoms with Crippen LogP contribution in [-0.2, 0) is 0 Å². The third-order valence-corrected chi connectivity index (χ3v) is 3.99. The molecule has 0 saturated heterocycles. The topological polar surface area (TPSA) is 60.4 Å². The fourth-order valence-electron chi connectivity index (χ4n) is 1.73. The van der Waals surface area contributed by atoms with Crippen molar-refractivity contribution in [3.05, 3.63) is 50.1 Å². The molecule has 2 heterocycles. The second-order valence-corrected chi connectivity index (χ2v) is 5.45. The van der Waals surface area contributed by atoms with Crippen LogP contribution in [0.5, 0.6) is 0 Å². The molecule has 8 heteroatoms. The number of thiazole rings is 1. The lowest BCUT2D eigenvalue weighted by molar-refractivity contribution is -0.384. The van der Waals surface area contributed by atoms with Crippen LogP contribution in [0, 0.1) is 10.1 Å². The van der Waals surface area contributed by atoms with Crippen LogP contribution in [0.1, 0.15) is 0 Å². The molecular weight excluding hydrogens is 309 g/mol. The van der Waals surface area contributed by atoms with E-state index in [1.165, 1.54) is 23.5 Å². The average molecular weight is 314 g/mol. The summed E-state index contributed by atoms with van der Waals surface area (Å²) < 4.78 is 1.83. The van der Waals surface area contributed by atoms with E-state index in [2.05, 4.69) is 4.98 Å². The first-order chi connectivity index (χ1) is 9.06. The number of hydrogen-bond acceptors (Lipinski definition) is 4. The average Bonchev–Trinajstić information content (AvgIpc) is 2.88. The summed E-state index contributed by atoms with van der Waals surface area (Å²) in [6, 6.07) is 2.71. The van der Waals surface area contributed by atoms with Crippen LogP contribution in [0.2, 0.25) is 10.0 Å². The van der Waals surface area contributed by atoms with Crippen molar-refractivity contribution < 1.29 is 4.92 Å². The number of halogens is 2. The Morgan fingerprint density at radius 3 is 2.79 bits per heavy atom. The quantitative estimate of drug-likeness (QED) is 0.524. The fourth-order valence-corrected chi connectivity index (χ4v) is 2.98. The molecule has 3 aromatic rings. The van der Waals surface area contributed by atoms with Gasteiger partial charge in [-0.25, -0.2) is 4.98 Å². The highest BCUT2D eigenvalue weighted by Crippen LogP contribution is 2.36. The van der Waals surface area contributed by atoms with Crippen molar-refractivity contribution in [3.8, 4) is 11.3 Å². The summed E-state index contributed by atoms with van der Waals surface area (Å²) in [5.74, 6) is 0. The second-order valence-electron chi connectivity index (χ2n) is 3.76. The zero-order valence-electron chi connectivity index (χ0n) is 9.21. The normalized spacial score (nSPS) is 11.1. The Bertz CT molecular complexity index is 768. The number of imidazole rings is 1. The fraction of sp³-hybridized carbons (Fsp3) is 0. The zero-order valence-corrected chi connectivity index (χ0v) is 11.5. The summed E-state index contributed by atoms with van der Waals surface area (Å²) >= 11 is 13.3. The predicted molar refractivity (Wildman–Crippen MR) is 75.2 cm³/mol. The summed E-state index contributed by atoms with van der Waals surface area (Å²) in [6.07, 6.45) is 3.62. The maximum atomic E-state index is 10.9. The molecule has 0 N–H and O–H groups in total. The van der Waals surface area contributed by atoms with E-state index in [0.717, 1.165) is 4.96 Å². The number of nitrogens with zero attached hydrogens (tertiary/aromatic N) is 3. The molecule has 0 aliphatic carbocycles. The van der Waals surface area contributed by atoms with Crippen LogP contribution in [0.15, 0.2) is 29.9 Å². The van der Waals surface area contributed by atoms with Gasteiger partial charge in [0.25, 0.3) is 5.69 Å². The van der Waals surface area contributed by atoms with Crippen LogP contribution in [0.3, 0.4) is 0 Å². The van der Waals surface area contributed by atoms with Crippen molar-refractivity contribution in [1.29, 1.82) is 0 Å². The molecule has 0 atom stereocenters. The number of rotatable bonds is 2. The SMILES string of the molecule is O=[N+]([O-])c1cc(-c2cn3ccsc3n2)c(Cl)cc1Cl. The minimum absolute atomic E-state index is 0.0137. The Kier molecular flexibility index (Phi) is 2.93. The predicted octanol–water partition coefficient (Wildman–Crippen LogP) is 4.28. The molecule has 19 heavy (non-hydrogen) atoms. The first-order valence-electron chi connectivity index (χ1n) is 5.12. The molecule has 5 nitrogen and oxygen atoms in total. The van der Waals surface area contributed by atoms with Crippen molar-refractivity contribution in [2.24, 2.45) is 0 Å². The zero-order chi connectivity index (χ0) is 13.6. The smallest absolute Gasteiger partial charge is 0.288 e. The van der Waals surface area contributed by atoms with E-state index < -0.39 is 4.92 Å². The third-order valence-electron chi connectivity index (χ3n) is 2.60. The lowest BCUT2D eigenvalue weighted by atomic mass is 10.1. The van der Waals surface area contributed by atoms with Gasteiger partial charge >= 0.3 is 0 Å². The maximum Gasteiger partial charge on any atom is 0.288 e. The van der Waals surface area contributed by atoms with Crippen LogP contribution in [0.25, 0.3) is 16.2 Å². The Labute approximate surface area is 121 Å². The number of nitro groups is 1. The highest BCUT2D eigenvalue weighted by molar-refractivity contribution is 7.15. The molecule has 2 aromatic heterocycles. The second kappa shape index (κ2) is 4.48. The molecule has 0 fully saturated rings. The van der Waals surface area contributed by atoms with E-state index in [1.54, 1.807) is 6.20 Å². The third kappa shape index (κ3) is 2.07. The van der Waals surface area contributed by atoms with Crippen LogP contribution < -0.4 is 0 Å². The molecule has 3 rings (SSSR count). The number of nitro benzene ring substituents is 1. The minimum atomic E-state index is -0.541. The molecule has 0 saturated carbocycles. The van der Waals surface area contributed by atoms with Gasteiger partial charge in [0.05, 0.1) is 15.6 Å². The van der Waals surface area contributed by atoms with Crippen LogP contribution in [0.4, 0.5) is 5.69 Å². The van der Waals surface area contributed by atoms with Crippen molar-refractivity contribution in [3.63, 3.8) is 0 Å². The van der Waals surface area contributed by atoms with Crippen molar-refractivity contribution in [2.75, 3.05) is 0 Å². The van der Waals surface area contributed by atoms with Gasteiger partial charge in [0.15, 0.2) is 4.96 Å². The van der Waals surface area contributed by atoms with Gasteiger partial charge in [-0.3, -0.25) is 14.5 Å². The Morgan fingerprint density at radius 2 is 2.11 bits per heavy atom. The van der Waals surface area contributed by atoms with E-state index in [-0.39, 0.29) is 10.7 Å². The standard InChI is InChI=1S/C11H5Cl2N3O2S/c12-7-4-8(13)10(16(17)18)3-6(7)9-5-15-1-2-19-11(15)14-9/h1-5H. The van der Waals surface area contributed by atoms with Gasteiger partial charge in [-0.15, -0.1) is 11.3 Å². The van der Waals surface area contributed by atoms with Gasteiger partial charge in [-0.1, -0.05) is 23.2 Å².